The van der Waals surface area contributed by atoms with Gasteiger partial charge in [-0.05, 0) is 62.8 Å². The molecule has 2 fully saturated rings. The monoisotopic (exact) mass is 452 g/mol. The quantitative estimate of drug-likeness (QED) is 0.590. The lowest BCUT2D eigenvalue weighted by Crippen LogP contribution is -2.42. The lowest BCUT2D eigenvalue weighted by atomic mass is 9.97. The third-order valence-corrected chi connectivity index (χ3v) is 7.95. The first kappa shape index (κ1) is 23.5. The largest absolute Gasteiger partial charge is 0.484 e. The van der Waals surface area contributed by atoms with E-state index >= 15 is 0 Å². The number of amides is 1. The van der Waals surface area contributed by atoms with Crippen LogP contribution in [0.5, 0.6) is 5.75 Å². The van der Waals surface area contributed by atoms with Crippen molar-refractivity contribution >= 4 is 21.9 Å². The normalized spacial score (nSPS) is 19.2. The third-order valence-electron chi connectivity index (χ3n) is 6.03. The summed E-state index contributed by atoms with van der Waals surface area (Å²) in [5, 5.41) is 0. The second-order valence-electron chi connectivity index (χ2n) is 8.25. The molecule has 0 radical (unpaired) electrons. The standard InChI is InChI=1S/C22H32N2O6S/c1-3-29-22(26)18-10-12-23(13-11-18)21(25)16-30-19-4-6-20(7-5-19)31(27,28)24-14-8-17(2)9-15-24/h4-7,17-18H,3,8-16H2,1-2H3. The first-order chi connectivity index (χ1) is 14.8. The summed E-state index contributed by atoms with van der Waals surface area (Å²) in [4.78, 5) is 26.1. The number of likely N-dealkylation sites (tertiary alicyclic amines) is 1. The molecule has 1 aromatic rings. The topological polar surface area (TPSA) is 93.2 Å². The fourth-order valence-corrected chi connectivity index (χ4v) is 5.41. The maximum absolute atomic E-state index is 12.8. The van der Waals surface area contributed by atoms with Gasteiger partial charge in [-0.3, -0.25) is 9.59 Å². The first-order valence-corrected chi connectivity index (χ1v) is 12.4. The molecule has 31 heavy (non-hydrogen) atoms. The zero-order chi connectivity index (χ0) is 22.4. The number of rotatable bonds is 7. The average Bonchev–Trinajstić information content (AvgIpc) is 2.78. The number of ether oxygens (including phenoxy) is 2. The molecule has 2 aliphatic rings. The Bertz CT molecular complexity index is 854. The Balaban J connectivity index is 1.48. The van der Waals surface area contributed by atoms with Crippen molar-refractivity contribution in [2.75, 3.05) is 39.4 Å². The summed E-state index contributed by atoms with van der Waals surface area (Å²) in [5.41, 5.74) is 0. The van der Waals surface area contributed by atoms with Crippen molar-refractivity contribution in [3.05, 3.63) is 24.3 Å². The van der Waals surface area contributed by atoms with Crippen molar-refractivity contribution in [2.24, 2.45) is 11.8 Å². The lowest BCUT2D eigenvalue weighted by Gasteiger charge is -2.30. The Labute approximate surface area is 184 Å². The Morgan fingerprint density at radius 3 is 2.19 bits per heavy atom. The van der Waals surface area contributed by atoms with E-state index in [9.17, 15) is 18.0 Å². The summed E-state index contributed by atoms with van der Waals surface area (Å²) in [6.07, 6.45) is 2.93. The summed E-state index contributed by atoms with van der Waals surface area (Å²) >= 11 is 0. The molecular weight excluding hydrogens is 420 g/mol. The van der Waals surface area contributed by atoms with Gasteiger partial charge in [0.1, 0.15) is 5.75 Å². The predicted octanol–water partition coefficient (Wildman–Crippen LogP) is 2.29. The van der Waals surface area contributed by atoms with Gasteiger partial charge >= 0.3 is 5.97 Å². The summed E-state index contributed by atoms with van der Waals surface area (Å²) in [7, 11) is -3.50. The lowest BCUT2D eigenvalue weighted by molar-refractivity contribution is -0.151. The predicted molar refractivity (Wildman–Crippen MR) is 115 cm³/mol. The number of benzene rings is 1. The van der Waals surface area contributed by atoms with Gasteiger partial charge in [-0.25, -0.2) is 8.42 Å². The Hall–Kier alpha value is -2.13. The Morgan fingerprint density at radius 2 is 1.61 bits per heavy atom. The van der Waals surface area contributed by atoms with Crippen molar-refractivity contribution in [1.29, 1.82) is 0 Å². The van der Waals surface area contributed by atoms with Crippen LogP contribution in [0.4, 0.5) is 0 Å². The van der Waals surface area contributed by atoms with E-state index in [-0.39, 0.29) is 29.3 Å². The minimum atomic E-state index is -3.50. The van der Waals surface area contributed by atoms with Gasteiger partial charge < -0.3 is 14.4 Å². The molecule has 3 rings (SSSR count). The van der Waals surface area contributed by atoms with E-state index in [1.807, 2.05) is 0 Å². The van der Waals surface area contributed by atoms with Crippen molar-refractivity contribution in [1.82, 2.24) is 9.21 Å². The van der Waals surface area contributed by atoms with Crippen LogP contribution in [0.15, 0.2) is 29.2 Å². The molecule has 2 saturated heterocycles. The Kier molecular flexibility index (Phi) is 7.94. The zero-order valence-corrected chi connectivity index (χ0v) is 19.1. The number of carbonyl (C=O) groups is 2. The van der Waals surface area contributed by atoms with Crippen LogP contribution in [0.25, 0.3) is 0 Å². The molecular formula is C22H32N2O6S. The van der Waals surface area contributed by atoms with Gasteiger partial charge in [0.2, 0.25) is 10.0 Å². The third kappa shape index (κ3) is 5.98. The van der Waals surface area contributed by atoms with Crippen LogP contribution < -0.4 is 4.74 Å². The van der Waals surface area contributed by atoms with Crippen molar-refractivity contribution in [3.8, 4) is 5.75 Å². The smallest absolute Gasteiger partial charge is 0.309 e. The minimum absolute atomic E-state index is 0.125. The van der Waals surface area contributed by atoms with E-state index in [4.69, 9.17) is 9.47 Å². The van der Waals surface area contributed by atoms with Crippen molar-refractivity contribution in [3.63, 3.8) is 0 Å². The molecule has 2 heterocycles. The highest BCUT2D eigenvalue weighted by atomic mass is 32.2. The highest BCUT2D eigenvalue weighted by Crippen LogP contribution is 2.25. The molecule has 1 aromatic carbocycles. The van der Waals surface area contributed by atoms with Gasteiger partial charge in [0.05, 0.1) is 17.4 Å². The summed E-state index contributed by atoms with van der Waals surface area (Å²) in [6.45, 7) is 6.24. The minimum Gasteiger partial charge on any atom is -0.484 e. The van der Waals surface area contributed by atoms with Gasteiger partial charge in [-0.15, -0.1) is 0 Å². The molecule has 0 bridgehead atoms. The molecule has 1 amide bonds. The Morgan fingerprint density at radius 1 is 1.00 bits per heavy atom. The molecule has 0 N–H and O–H groups in total. The number of nitrogens with zero attached hydrogens (tertiary/aromatic N) is 2. The molecule has 0 saturated carbocycles. The average molecular weight is 453 g/mol. The summed E-state index contributed by atoms with van der Waals surface area (Å²) in [6, 6.07) is 6.22. The van der Waals surface area contributed by atoms with Crippen LogP contribution in [0.2, 0.25) is 0 Å². The second kappa shape index (κ2) is 10.5. The maximum atomic E-state index is 12.8. The molecule has 0 spiro atoms. The number of esters is 1. The van der Waals surface area contributed by atoms with Gasteiger partial charge in [-0.1, -0.05) is 6.92 Å². The number of hydrogen-bond acceptors (Lipinski definition) is 6. The van der Waals surface area contributed by atoms with Crippen LogP contribution in [0.3, 0.4) is 0 Å². The van der Waals surface area contributed by atoms with Gasteiger partial charge in [0, 0.05) is 26.2 Å². The fourth-order valence-electron chi connectivity index (χ4n) is 3.94. The molecule has 8 nitrogen and oxygen atoms in total. The van der Waals surface area contributed by atoms with Crippen LogP contribution in [0.1, 0.15) is 39.5 Å². The van der Waals surface area contributed by atoms with E-state index in [0.29, 0.717) is 57.3 Å². The number of carbonyl (C=O) groups excluding carboxylic acids is 2. The fraction of sp³-hybridized carbons (Fsp3) is 0.636. The summed E-state index contributed by atoms with van der Waals surface area (Å²) in [5.74, 6) is 0.501. The van der Waals surface area contributed by atoms with Crippen LogP contribution in [-0.2, 0) is 24.3 Å². The van der Waals surface area contributed by atoms with Crippen molar-refractivity contribution < 1.29 is 27.5 Å². The van der Waals surface area contributed by atoms with Crippen LogP contribution >= 0.6 is 0 Å². The molecule has 9 heteroatoms. The molecule has 0 unspecified atom stereocenters. The molecule has 0 aromatic heterocycles. The van der Waals surface area contributed by atoms with E-state index in [1.54, 1.807) is 24.0 Å². The summed E-state index contributed by atoms with van der Waals surface area (Å²) < 4.78 is 37.7. The highest BCUT2D eigenvalue weighted by molar-refractivity contribution is 7.89. The first-order valence-electron chi connectivity index (χ1n) is 11.0. The SMILES string of the molecule is CCOC(=O)C1CCN(C(=O)COc2ccc(S(=O)(=O)N3CCC(C)CC3)cc2)CC1. The molecule has 0 atom stereocenters. The van der Waals surface area contributed by atoms with E-state index in [0.717, 1.165) is 12.8 Å². The van der Waals surface area contributed by atoms with Gasteiger partial charge in [0.15, 0.2) is 6.61 Å². The molecule has 2 aliphatic heterocycles. The van der Waals surface area contributed by atoms with E-state index < -0.39 is 10.0 Å². The van der Waals surface area contributed by atoms with Gasteiger partial charge in [-0.2, -0.15) is 4.31 Å². The number of hydrogen-bond donors (Lipinski definition) is 0. The second-order valence-corrected chi connectivity index (χ2v) is 10.2. The number of piperidine rings is 2. The van der Waals surface area contributed by atoms with Crippen LogP contribution in [-0.4, -0.2) is 68.9 Å². The maximum Gasteiger partial charge on any atom is 0.309 e. The van der Waals surface area contributed by atoms with Crippen LogP contribution in [0, 0.1) is 11.8 Å². The number of sulfonamides is 1. The molecule has 172 valence electrons. The van der Waals surface area contributed by atoms with E-state index in [1.165, 1.54) is 16.4 Å². The highest BCUT2D eigenvalue weighted by Gasteiger charge is 2.29. The zero-order valence-electron chi connectivity index (χ0n) is 18.3. The van der Waals surface area contributed by atoms with Crippen molar-refractivity contribution in [2.45, 2.75) is 44.4 Å². The van der Waals surface area contributed by atoms with E-state index in [2.05, 4.69) is 6.92 Å². The molecule has 0 aliphatic carbocycles. The van der Waals surface area contributed by atoms with Gasteiger partial charge in [0.25, 0.3) is 5.91 Å².